The van der Waals surface area contributed by atoms with E-state index < -0.39 is 5.97 Å². The standard InChI is InChI=1S/C20H21NO4/c1-14-5-4-6-15(11-14)12-24-18-8-3-2-7-17(18)20(23)25-13-19(22)21-16-9-10-16/h2-8,11,16H,9-10,12-13H2,1H3,(H,21,22). The van der Waals surface area contributed by atoms with Crippen LogP contribution in [-0.2, 0) is 16.1 Å². The highest BCUT2D eigenvalue weighted by Gasteiger charge is 2.24. The Bertz CT molecular complexity index is 768. The van der Waals surface area contributed by atoms with Gasteiger partial charge >= 0.3 is 5.97 Å². The predicted octanol–water partition coefficient (Wildman–Crippen LogP) is 3.01. The lowest BCUT2D eigenvalue weighted by Crippen LogP contribution is -2.30. The fourth-order valence-electron chi connectivity index (χ4n) is 2.43. The molecule has 1 aliphatic carbocycles. The zero-order chi connectivity index (χ0) is 17.6. The zero-order valence-electron chi connectivity index (χ0n) is 14.2. The van der Waals surface area contributed by atoms with E-state index in [1.54, 1.807) is 24.3 Å². The summed E-state index contributed by atoms with van der Waals surface area (Å²) in [5.74, 6) is -0.392. The molecule has 0 bridgehead atoms. The molecule has 3 rings (SSSR count). The third kappa shape index (κ3) is 5.08. The maximum Gasteiger partial charge on any atom is 0.342 e. The molecule has 1 amide bonds. The van der Waals surface area contributed by atoms with Crippen LogP contribution in [0.2, 0.25) is 0 Å². The number of rotatable bonds is 7. The van der Waals surface area contributed by atoms with Crippen molar-refractivity contribution in [2.45, 2.75) is 32.4 Å². The third-order valence-electron chi connectivity index (χ3n) is 3.86. The highest BCUT2D eigenvalue weighted by Crippen LogP contribution is 2.21. The Morgan fingerprint density at radius 3 is 2.68 bits per heavy atom. The van der Waals surface area contributed by atoms with Crippen LogP contribution in [0.4, 0.5) is 0 Å². The van der Waals surface area contributed by atoms with E-state index in [1.807, 2.05) is 31.2 Å². The summed E-state index contributed by atoms with van der Waals surface area (Å²) in [4.78, 5) is 23.9. The summed E-state index contributed by atoms with van der Waals surface area (Å²) in [5.41, 5.74) is 2.48. The van der Waals surface area contributed by atoms with Gasteiger partial charge in [-0.05, 0) is 37.5 Å². The van der Waals surface area contributed by atoms with Crippen LogP contribution in [0.15, 0.2) is 48.5 Å². The lowest BCUT2D eigenvalue weighted by Gasteiger charge is -2.11. The molecule has 1 saturated carbocycles. The zero-order valence-corrected chi connectivity index (χ0v) is 14.2. The van der Waals surface area contributed by atoms with E-state index in [9.17, 15) is 9.59 Å². The number of amides is 1. The number of para-hydroxylation sites is 1. The minimum Gasteiger partial charge on any atom is -0.488 e. The number of ether oxygens (including phenoxy) is 2. The van der Waals surface area contributed by atoms with Gasteiger partial charge in [-0.2, -0.15) is 0 Å². The highest BCUT2D eigenvalue weighted by molar-refractivity contribution is 5.94. The van der Waals surface area contributed by atoms with Crippen LogP contribution in [-0.4, -0.2) is 24.5 Å². The van der Waals surface area contributed by atoms with Crippen LogP contribution < -0.4 is 10.1 Å². The number of esters is 1. The van der Waals surface area contributed by atoms with Gasteiger partial charge in [0.25, 0.3) is 5.91 Å². The van der Waals surface area contributed by atoms with Crippen LogP contribution in [0, 0.1) is 6.92 Å². The number of aryl methyl sites for hydroxylation is 1. The van der Waals surface area contributed by atoms with Gasteiger partial charge in [0.05, 0.1) is 0 Å². The first-order chi connectivity index (χ1) is 12.1. The molecule has 1 fully saturated rings. The molecule has 0 atom stereocenters. The molecule has 1 aliphatic rings. The number of carbonyl (C=O) groups is 2. The number of hydrogen-bond acceptors (Lipinski definition) is 4. The topological polar surface area (TPSA) is 64.6 Å². The second-order valence-corrected chi connectivity index (χ2v) is 6.19. The minimum absolute atomic E-state index is 0.246. The molecular weight excluding hydrogens is 318 g/mol. The summed E-state index contributed by atoms with van der Waals surface area (Å²) >= 11 is 0. The quantitative estimate of drug-likeness (QED) is 0.788. The van der Waals surface area contributed by atoms with E-state index in [-0.39, 0.29) is 18.6 Å². The van der Waals surface area contributed by atoms with Gasteiger partial charge in [-0.1, -0.05) is 42.0 Å². The molecular formula is C20H21NO4. The second-order valence-electron chi connectivity index (χ2n) is 6.19. The van der Waals surface area contributed by atoms with Crippen LogP contribution in [0.3, 0.4) is 0 Å². The summed E-state index contributed by atoms with van der Waals surface area (Å²) in [5, 5.41) is 2.78. The normalized spacial score (nSPS) is 13.2. The molecule has 2 aromatic rings. The fourth-order valence-corrected chi connectivity index (χ4v) is 2.43. The molecule has 0 saturated heterocycles. The lowest BCUT2D eigenvalue weighted by molar-refractivity contribution is -0.124. The van der Waals surface area contributed by atoms with Crippen LogP contribution >= 0.6 is 0 Å². The molecule has 0 spiro atoms. The third-order valence-corrected chi connectivity index (χ3v) is 3.86. The molecule has 0 aliphatic heterocycles. The van der Waals surface area contributed by atoms with Gasteiger partial charge in [0.1, 0.15) is 17.9 Å². The van der Waals surface area contributed by atoms with Crippen molar-refractivity contribution < 1.29 is 19.1 Å². The number of hydrogen-bond donors (Lipinski definition) is 1. The largest absolute Gasteiger partial charge is 0.488 e. The molecule has 5 heteroatoms. The van der Waals surface area contributed by atoms with Gasteiger partial charge in [0, 0.05) is 6.04 Å². The number of nitrogens with one attached hydrogen (secondary N) is 1. The van der Waals surface area contributed by atoms with Gasteiger partial charge in [0.2, 0.25) is 0 Å². The summed E-state index contributed by atoms with van der Waals surface area (Å²) in [6.07, 6.45) is 1.99. The number of carbonyl (C=O) groups excluding carboxylic acids is 2. The van der Waals surface area contributed by atoms with Crippen molar-refractivity contribution in [2.24, 2.45) is 0 Å². The Balaban J connectivity index is 1.59. The van der Waals surface area contributed by atoms with Crippen LogP contribution in [0.1, 0.15) is 34.3 Å². The van der Waals surface area contributed by atoms with Crippen molar-refractivity contribution >= 4 is 11.9 Å². The van der Waals surface area contributed by atoms with E-state index in [0.717, 1.165) is 24.0 Å². The van der Waals surface area contributed by atoms with E-state index in [2.05, 4.69) is 5.32 Å². The maximum absolute atomic E-state index is 12.3. The molecule has 5 nitrogen and oxygen atoms in total. The Morgan fingerprint density at radius 2 is 1.92 bits per heavy atom. The summed E-state index contributed by atoms with van der Waals surface area (Å²) < 4.78 is 10.9. The lowest BCUT2D eigenvalue weighted by atomic mass is 10.1. The molecule has 2 aromatic carbocycles. The van der Waals surface area contributed by atoms with Crippen LogP contribution in [0.5, 0.6) is 5.75 Å². The maximum atomic E-state index is 12.3. The number of benzene rings is 2. The van der Waals surface area contributed by atoms with Crippen molar-refractivity contribution in [1.82, 2.24) is 5.32 Å². The summed E-state index contributed by atoms with van der Waals surface area (Å²) in [6, 6.07) is 15.1. The fraction of sp³-hybridized carbons (Fsp3) is 0.300. The summed E-state index contributed by atoms with van der Waals surface area (Å²) in [7, 11) is 0. The molecule has 1 N–H and O–H groups in total. The Labute approximate surface area is 147 Å². The SMILES string of the molecule is Cc1cccc(COc2ccccc2C(=O)OCC(=O)NC2CC2)c1. The molecule has 130 valence electrons. The van der Waals surface area contributed by atoms with Gasteiger partial charge in [-0.25, -0.2) is 4.79 Å². The first-order valence-electron chi connectivity index (χ1n) is 8.35. The van der Waals surface area contributed by atoms with E-state index in [1.165, 1.54) is 0 Å². The molecule has 0 radical (unpaired) electrons. The van der Waals surface area contributed by atoms with E-state index >= 15 is 0 Å². The molecule has 0 aromatic heterocycles. The predicted molar refractivity (Wildman–Crippen MR) is 93.4 cm³/mol. The van der Waals surface area contributed by atoms with Crippen molar-refractivity contribution in [2.75, 3.05) is 6.61 Å². The smallest absolute Gasteiger partial charge is 0.342 e. The monoisotopic (exact) mass is 339 g/mol. The van der Waals surface area contributed by atoms with Crippen LogP contribution in [0.25, 0.3) is 0 Å². The Hall–Kier alpha value is -2.82. The van der Waals surface area contributed by atoms with E-state index in [4.69, 9.17) is 9.47 Å². The summed E-state index contributed by atoms with van der Waals surface area (Å²) in [6.45, 7) is 2.09. The highest BCUT2D eigenvalue weighted by atomic mass is 16.5. The average Bonchev–Trinajstić information content (AvgIpc) is 3.42. The Kier molecular flexibility index (Phi) is 5.33. The molecule has 0 heterocycles. The first kappa shape index (κ1) is 17.0. The minimum atomic E-state index is -0.564. The van der Waals surface area contributed by atoms with Crippen molar-refractivity contribution in [3.05, 3.63) is 65.2 Å². The van der Waals surface area contributed by atoms with Gasteiger partial charge < -0.3 is 14.8 Å². The van der Waals surface area contributed by atoms with Gasteiger partial charge in [0.15, 0.2) is 6.61 Å². The molecule has 25 heavy (non-hydrogen) atoms. The van der Waals surface area contributed by atoms with E-state index in [0.29, 0.717) is 17.9 Å². The first-order valence-corrected chi connectivity index (χ1v) is 8.35. The average molecular weight is 339 g/mol. The second kappa shape index (κ2) is 7.83. The van der Waals surface area contributed by atoms with Gasteiger partial charge in [-0.15, -0.1) is 0 Å². The van der Waals surface area contributed by atoms with Crippen molar-refractivity contribution in [3.8, 4) is 5.75 Å². The van der Waals surface area contributed by atoms with Gasteiger partial charge in [-0.3, -0.25) is 4.79 Å². The molecule has 0 unspecified atom stereocenters. The van der Waals surface area contributed by atoms with Crippen molar-refractivity contribution in [3.63, 3.8) is 0 Å². The van der Waals surface area contributed by atoms with Crippen molar-refractivity contribution in [1.29, 1.82) is 0 Å². The Morgan fingerprint density at radius 1 is 1.12 bits per heavy atom.